The van der Waals surface area contributed by atoms with E-state index in [1.165, 1.54) is 0 Å². The minimum atomic E-state index is -0.0721. The Morgan fingerprint density at radius 2 is 1.78 bits per heavy atom. The molecule has 1 aromatic carbocycles. The molecular weight excluding hydrogens is 346 g/mol. The van der Waals surface area contributed by atoms with Crippen molar-refractivity contribution in [2.75, 3.05) is 46.9 Å². The van der Waals surface area contributed by atoms with Gasteiger partial charge in [-0.05, 0) is 38.4 Å². The van der Waals surface area contributed by atoms with Gasteiger partial charge in [0.2, 0.25) is 5.91 Å². The van der Waals surface area contributed by atoms with Crippen molar-refractivity contribution in [3.05, 3.63) is 23.8 Å². The van der Waals surface area contributed by atoms with Gasteiger partial charge in [-0.3, -0.25) is 9.59 Å². The fourth-order valence-corrected chi connectivity index (χ4v) is 3.89. The molecule has 2 fully saturated rings. The number of nitrogens with one attached hydrogen (secondary N) is 1. The number of hydrogen-bond donors (Lipinski definition) is 1. The number of piperidine rings is 1. The monoisotopic (exact) mass is 375 g/mol. The van der Waals surface area contributed by atoms with Crippen molar-refractivity contribution in [3.63, 3.8) is 0 Å². The van der Waals surface area contributed by atoms with E-state index in [9.17, 15) is 9.59 Å². The molecule has 7 nitrogen and oxygen atoms in total. The molecule has 27 heavy (non-hydrogen) atoms. The average molecular weight is 375 g/mol. The molecule has 7 heteroatoms. The summed E-state index contributed by atoms with van der Waals surface area (Å²) in [7, 11) is 3.12. The van der Waals surface area contributed by atoms with Crippen LogP contribution in [0.15, 0.2) is 18.2 Å². The van der Waals surface area contributed by atoms with Gasteiger partial charge >= 0.3 is 0 Å². The third-order valence-electron chi connectivity index (χ3n) is 5.49. The second kappa shape index (κ2) is 8.61. The third kappa shape index (κ3) is 4.35. The molecule has 0 radical (unpaired) electrons. The minimum absolute atomic E-state index is 0.0721. The summed E-state index contributed by atoms with van der Waals surface area (Å²) in [6, 6.07) is 5.59. The fourth-order valence-electron chi connectivity index (χ4n) is 3.89. The standard InChI is InChI=1S/C20H29N3O4/c1-14-12-15(6-7-21-14)19(24)22-8-10-23(11-9-22)20(25)17-5-4-16(26-2)13-18(17)27-3/h4-5,13-15,21H,6-12H2,1-3H3/t14-,15-/m0/s1. The van der Waals surface area contributed by atoms with Gasteiger partial charge in [0, 0.05) is 44.2 Å². The Kier molecular flexibility index (Phi) is 6.21. The Bertz CT molecular complexity index is 686. The van der Waals surface area contributed by atoms with E-state index < -0.39 is 0 Å². The van der Waals surface area contributed by atoms with E-state index in [0.29, 0.717) is 49.3 Å². The molecule has 0 aliphatic carbocycles. The van der Waals surface area contributed by atoms with Gasteiger partial charge in [0.05, 0.1) is 19.8 Å². The number of hydrogen-bond acceptors (Lipinski definition) is 5. The average Bonchev–Trinajstić information content (AvgIpc) is 2.72. The lowest BCUT2D eigenvalue weighted by Gasteiger charge is -2.38. The van der Waals surface area contributed by atoms with E-state index in [2.05, 4.69) is 12.2 Å². The number of nitrogens with zero attached hydrogens (tertiary/aromatic N) is 2. The van der Waals surface area contributed by atoms with Crippen LogP contribution in [0.3, 0.4) is 0 Å². The summed E-state index contributed by atoms with van der Waals surface area (Å²) >= 11 is 0. The SMILES string of the molecule is COc1ccc(C(=O)N2CCN(C(=O)[C@H]3CCN[C@@H](C)C3)CC2)c(OC)c1. The molecule has 2 aliphatic rings. The molecule has 148 valence electrons. The van der Waals surface area contributed by atoms with Crippen LogP contribution in [0, 0.1) is 5.92 Å². The van der Waals surface area contributed by atoms with Crippen molar-refractivity contribution >= 4 is 11.8 Å². The van der Waals surface area contributed by atoms with Crippen LogP contribution in [0.5, 0.6) is 11.5 Å². The van der Waals surface area contributed by atoms with E-state index >= 15 is 0 Å². The van der Waals surface area contributed by atoms with Gasteiger partial charge in [0.25, 0.3) is 5.91 Å². The number of carbonyl (C=O) groups is 2. The number of amides is 2. The maximum atomic E-state index is 12.9. The molecule has 0 bridgehead atoms. The predicted octanol–water partition coefficient (Wildman–Crippen LogP) is 1.38. The Balaban J connectivity index is 1.60. The smallest absolute Gasteiger partial charge is 0.257 e. The van der Waals surface area contributed by atoms with Crippen LogP contribution in [-0.4, -0.2) is 74.6 Å². The second-order valence-corrected chi connectivity index (χ2v) is 7.26. The highest BCUT2D eigenvalue weighted by Gasteiger charge is 2.32. The van der Waals surface area contributed by atoms with Gasteiger partial charge < -0.3 is 24.6 Å². The molecule has 0 aromatic heterocycles. The summed E-state index contributed by atoms with van der Waals surface area (Å²) in [5, 5.41) is 3.38. The third-order valence-corrected chi connectivity index (χ3v) is 5.49. The van der Waals surface area contributed by atoms with E-state index in [0.717, 1.165) is 19.4 Å². The van der Waals surface area contributed by atoms with Crippen molar-refractivity contribution in [2.24, 2.45) is 5.92 Å². The van der Waals surface area contributed by atoms with Crippen molar-refractivity contribution in [1.29, 1.82) is 0 Å². The maximum Gasteiger partial charge on any atom is 0.257 e. The molecule has 1 aromatic rings. The van der Waals surface area contributed by atoms with Crippen LogP contribution in [0.25, 0.3) is 0 Å². The summed E-state index contributed by atoms with van der Waals surface area (Å²) in [6.07, 6.45) is 1.78. The molecule has 2 amide bonds. The summed E-state index contributed by atoms with van der Waals surface area (Å²) in [6.45, 7) is 5.27. The van der Waals surface area contributed by atoms with Gasteiger partial charge in [0.15, 0.2) is 0 Å². The van der Waals surface area contributed by atoms with E-state index in [1.807, 2.05) is 4.90 Å². The summed E-state index contributed by atoms with van der Waals surface area (Å²) in [4.78, 5) is 29.4. The first kappa shape index (κ1) is 19.5. The first-order chi connectivity index (χ1) is 13.0. The van der Waals surface area contributed by atoms with Gasteiger partial charge in [-0.2, -0.15) is 0 Å². The summed E-state index contributed by atoms with van der Waals surface area (Å²) in [5.74, 6) is 1.41. The Hall–Kier alpha value is -2.28. The molecular formula is C20H29N3O4. The number of ether oxygens (including phenoxy) is 2. The van der Waals surface area contributed by atoms with Crippen LogP contribution >= 0.6 is 0 Å². The molecule has 0 saturated carbocycles. The number of rotatable bonds is 4. The zero-order chi connectivity index (χ0) is 19.4. The highest BCUT2D eigenvalue weighted by atomic mass is 16.5. The quantitative estimate of drug-likeness (QED) is 0.861. The van der Waals surface area contributed by atoms with E-state index in [-0.39, 0.29) is 17.7 Å². The maximum absolute atomic E-state index is 12.9. The van der Waals surface area contributed by atoms with Crippen LogP contribution < -0.4 is 14.8 Å². The highest BCUT2D eigenvalue weighted by molar-refractivity contribution is 5.97. The largest absolute Gasteiger partial charge is 0.497 e. The molecule has 2 atom stereocenters. The number of piperazine rings is 1. The zero-order valence-electron chi connectivity index (χ0n) is 16.4. The van der Waals surface area contributed by atoms with E-state index in [1.54, 1.807) is 37.3 Å². The zero-order valence-corrected chi connectivity index (χ0v) is 16.4. The first-order valence-electron chi connectivity index (χ1n) is 9.57. The van der Waals surface area contributed by atoms with Gasteiger partial charge in [0.1, 0.15) is 11.5 Å². The molecule has 0 unspecified atom stereocenters. The highest BCUT2D eigenvalue weighted by Crippen LogP contribution is 2.26. The van der Waals surface area contributed by atoms with Crippen LogP contribution in [0.1, 0.15) is 30.1 Å². The topological polar surface area (TPSA) is 71.1 Å². The predicted molar refractivity (Wildman–Crippen MR) is 102 cm³/mol. The lowest BCUT2D eigenvalue weighted by atomic mass is 9.92. The van der Waals surface area contributed by atoms with Gasteiger partial charge in [-0.15, -0.1) is 0 Å². The second-order valence-electron chi connectivity index (χ2n) is 7.26. The van der Waals surface area contributed by atoms with Crippen molar-refractivity contribution in [3.8, 4) is 11.5 Å². The molecule has 2 heterocycles. The minimum Gasteiger partial charge on any atom is -0.497 e. The summed E-state index contributed by atoms with van der Waals surface area (Å²) in [5.41, 5.74) is 0.519. The number of benzene rings is 1. The molecule has 2 aliphatic heterocycles. The lowest BCUT2D eigenvalue weighted by Crippen LogP contribution is -2.53. The number of carbonyl (C=O) groups excluding carboxylic acids is 2. The number of methoxy groups -OCH3 is 2. The van der Waals surface area contributed by atoms with Crippen molar-refractivity contribution in [2.45, 2.75) is 25.8 Å². The van der Waals surface area contributed by atoms with Crippen LogP contribution in [0.4, 0.5) is 0 Å². The van der Waals surface area contributed by atoms with Gasteiger partial charge in [-0.1, -0.05) is 0 Å². The molecule has 1 N–H and O–H groups in total. The Labute approximate surface area is 160 Å². The fraction of sp³-hybridized carbons (Fsp3) is 0.600. The first-order valence-corrected chi connectivity index (χ1v) is 9.57. The van der Waals surface area contributed by atoms with Crippen LogP contribution in [-0.2, 0) is 4.79 Å². The van der Waals surface area contributed by atoms with Crippen LogP contribution in [0.2, 0.25) is 0 Å². The molecule has 2 saturated heterocycles. The summed E-state index contributed by atoms with van der Waals surface area (Å²) < 4.78 is 10.5. The van der Waals surface area contributed by atoms with E-state index in [4.69, 9.17) is 9.47 Å². The molecule has 0 spiro atoms. The Morgan fingerprint density at radius 3 is 2.41 bits per heavy atom. The lowest BCUT2D eigenvalue weighted by molar-refractivity contribution is -0.138. The van der Waals surface area contributed by atoms with Crippen molar-refractivity contribution < 1.29 is 19.1 Å². The van der Waals surface area contributed by atoms with Gasteiger partial charge in [-0.25, -0.2) is 0 Å². The Morgan fingerprint density at radius 1 is 1.07 bits per heavy atom. The van der Waals surface area contributed by atoms with Crippen molar-refractivity contribution in [1.82, 2.24) is 15.1 Å². The normalized spacial score (nSPS) is 23.1. The molecule has 3 rings (SSSR count).